The van der Waals surface area contributed by atoms with E-state index in [0.717, 1.165) is 76.9 Å². The van der Waals surface area contributed by atoms with E-state index in [9.17, 15) is 0 Å². The first-order valence-corrected chi connectivity index (χ1v) is 27.0. The molecule has 8 bridgehead atoms. The summed E-state index contributed by atoms with van der Waals surface area (Å²) in [6, 6.07) is 55.3. The van der Waals surface area contributed by atoms with Crippen molar-refractivity contribution in [1.82, 2.24) is 0 Å². The first-order chi connectivity index (χ1) is 33.2. The Bertz CT molecular complexity index is 2800. The maximum atomic E-state index is 16.2. The molecule has 0 heterocycles. The molecule has 9 rings (SSSR count). The average Bonchev–Trinajstić information content (AvgIpc) is 3.38. The van der Waals surface area contributed by atoms with Crippen molar-refractivity contribution in [2.45, 2.75) is 37.4 Å². The zero-order valence-corrected chi connectivity index (χ0v) is 41.8. The SMILES string of the molecule is COc1c2cc(CCl)cc1Cc1cc(P(=O)(c3ccccc3)c3ccccc3)cc(c1OC)Cc1cc(CCl)cc(c1OC)Cc1cc(P(=O)(c3ccccc3)c3ccccc3)cc(c1OC)C2. The van der Waals surface area contributed by atoms with Gasteiger partial charge in [0.05, 0.1) is 28.4 Å². The van der Waals surface area contributed by atoms with Crippen LogP contribution in [0, 0.1) is 0 Å². The van der Waals surface area contributed by atoms with Crippen LogP contribution < -0.4 is 50.8 Å². The van der Waals surface area contributed by atoms with E-state index in [2.05, 4.69) is 24.3 Å². The Balaban J connectivity index is 1.36. The normalized spacial score (nSPS) is 12.6. The summed E-state index contributed by atoms with van der Waals surface area (Å²) in [5.41, 5.74) is 8.63. The van der Waals surface area contributed by atoms with Gasteiger partial charge in [0.2, 0.25) is 0 Å². The smallest absolute Gasteiger partial charge is 0.171 e. The second-order valence-electron chi connectivity index (χ2n) is 17.0. The molecule has 0 aliphatic heterocycles. The minimum absolute atomic E-state index is 0.251. The highest BCUT2D eigenvalue weighted by molar-refractivity contribution is 7.85. The van der Waals surface area contributed by atoms with E-state index >= 15 is 9.13 Å². The molecule has 68 heavy (non-hydrogen) atoms. The molecule has 0 saturated carbocycles. The lowest BCUT2D eigenvalue weighted by atomic mass is 9.90. The molecule has 8 aromatic rings. The Labute approximate surface area is 409 Å². The van der Waals surface area contributed by atoms with Gasteiger partial charge in [-0.25, -0.2) is 0 Å². The van der Waals surface area contributed by atoms with Gasteiger partial charge in [-0.15, -0.1) is 23.2 Å². The summed E-state index contributed by atoms with van der Waals surface area (Å²) in [4.78, 5) is 0. The Hall–Kier alpha value is -6.00. The Morgan fingerprint density at radius 2 is 0.544 bits per heavy atom. The number of rotatable bonds is 12. The monoisotopic (exact) mass is 976 g/mol. The van der Waals surface area contributed by atoms with Gasteiger partial charge in [-0.2, -0.15) is 0 Å². The molecule has 6 nitrogen and oxygen atoms in total. The first-order valence-electron chi connectivity index (χ1n) is 22.5. The van der Waals surface area contributed by atoms with Gasteiger partial charge in [0.1, 0.15) is 23.0 Å². The van der Waals surface area contributed by atoms with E-state index < -0.39 is 14.3 Å². The van der Waals surface area contributed by atoms with Gasteiger partial charge >= 0.3 is 0 Å². The van der Waals surface area contributed by atoms with E-state index in [1.807, 2.05) is 146 Å². The topological polar surface area (TPSA) is 71.1 Å². The van der Waals surface area contributed by atoms with E-state index in [1.54, 1.807) is 28.4 Å². The molecule has 344 valence electrons. The van der Waals surface area contributed by atoms with Crippen LogP contribution in [0.15, 0.2) is 170 Å². The van der Waals surface area contributed by atoms with Crippen molar-refractivity contribution in [3.8, 4) is 23.0 Å². The molecule has 0 amide bonds. The summed E-state index contributed by atoms with van der Waals surface area (Å²) < 4.78 is 58.1. The predicted octanol–water partition coefficient (Wildman–Crippen LogP) is 11.2. The number of ether oxygens (including phenoxy) is 4. The summed E-state index contributed by atoms with van der Waals surface area (Å²) in [7, 11) is -0.201. The molecule has 0 radical (unpaired) electrons. The molecule has 1 aliphatic rings. The molecule has 0 atom stereocenters. The molecule has 0 aromatic heterocycles. The molecule has 0 saturated heterocycles. The van der Waals surface area contributed by atoms with Gasteiger partial charge in [-0.05, 0) is 79.9 Å². The second kappa shape index (κ2) is 20.3. The lowest BCUT2D eigenvalue weighted by molar-refractivity contribution is 0.395. The van der Waals surface area contributed by atoms with Crippen molar-refractivity contribution in [2.75, 3.05) is 28.4 Å². The van der Waals surface area contributed by atoms with Crippen LogP contribution in [0.1, 0.15) is 55.6 Å². The van der Waals surface area contributed by atoms with Crippen LogP contribution in [0.5, 0.6) is 23.0 Å². The van der Waals surface area contributed by atoms with Gasteiger partial charge in [0, 0.05) is 69.3 Å². The van der Waals surface area contributed by atoms with Crippen LogP contribution in [0.2, 0.25) is 0 Å². The highest BCUT2D eigenvalue weighted by atomic mass is 35.5. The van der Waals surface area contributed by atoms with Gasteiger partial charge in [-0.1, -0.05) is 146 Å². The van der Waals surface area contributed by atoms with Crippen molar-refractivity contribution in [3.05, 3.63) is 225 Å². The van der Waals surface area contributed by atoms with Crippen molar-refractivity contribution in [3.63, 3.8) is 0 Å². The molecule has 0 unspecified atom stereocenters. The summed E-state index contributed by atoms with van der Waals surface area (Å²) in [5.74, 6) is 3.19. The molecule has 0 spiro atoms. The highest BCUT2D eigenvalue weighted by Gasteiger charge is 2.34. The number of benzene rings is 8. The van der Waals surface area contributed by atoms with Gasteiger partial charge in [0.15, 0.2) is 14.3 Å². The third-order valence-electron chi connectivity index (χ3n) is 12.9. The average molecular weight is 978 g/mol. The molecular weight excluding hydrogens is 925 g/mol. The van der Waals surface area contributed by atoms with E-state index in [0.29, 0.717) is 59.3 Å². The van der Waals surface area contributed by atoms with Crippen LogP contribution >= 0.6 is 37.5 Å². The number of halogens is 2. The lowest BCUT2D eigenvalue weighted by Crippen LogP contribution is -2.26. The van der Waals surface area contributed by atoms with Crippen LogP contribution in [0.25, 0.3) is 0 Å². The summed E-state index contributed by atoms with van der Waals surface area (Å²) in [5, 5.41) is 4.25. The number of fused-ring (bicyclic) bond motifs is 8. The number of alkyl halides is 2. The molecular formula is C58H52Cl2O6P2. The van der Waals surface area contributed by atoms with Crippen LogP contribution in [-0.4, -0.2) is 28.4 Å². The van der Waals surface area contributed by atoms with Crippen LogP contribution in [-0.2, 0) is 46.6 Å². The van der Waals surface area contributed by atoms with E-state index in [1.165, 1.54) is 0 Å². The minimum atomic E-state index is -3.47. The zero-order valence-electron chi connectivity index (χ0n) is 38.5. The van der Waals surface area contributed by atoms with Gasteiger partial charge in [-0.3, -0.25) is 0 Å². The summed E-state index contributed by atoms with van der Waals surface area (Å²) in [6.07, 6.45) is 1.44. The third-order valence-corrected chi connectivity index (χ3v) is 19.6. The third kappa shape index (κ3) is 8.81. The van der Waals surface area contributed by atoms with Crippen molar-refractivity contribution in [1.29, 1.82) is 0 Å². The fraction of sp³-hybridized carbons (Fsp3) is 0.172. The van der Waals surface area contributed by atoms with Crippen LogP contribution in [0.4, 0.5) is 0 Å². The molecule has 8 aromatic carbocycles. The Morgan fingerprint density at radius 3 is 0.735 bits per heavy atom. The quantitative estimate of drug-likeness (QED) is 0.0897. The Morgan fingerprint density at radius 1 is 0.338 bits per heavy atom. The second-order valence-corrected chi connectivity index (χ2v) is 23.1. The highest BCUT2D eigenvalue weighted by Crippen LogP contribution is 2.48. The van der Waals surface area contributed by atoms with E-state index in [4.69, 9.17) is 42.1 Å². The standard InChI is InChI=1S/C58H52Cl2O6P2/c1-63-55-41-25-39(37-59)26-42(55)30-46-34-54(68(62,51-21-13-7-14-22-51)52-23-15-8-16-24-52)36-48(58(46)66-4)32-44-28-40(38-60)27-43(56(44)64-2)31-47-35-53(33-45(29-41)57(47)65-3)67(61,49-17-9-5-10-18-49)50-19-11-6-12-20-50/h5-28,33-36H,29-32,37-38H2,1-4H3. The molecule has 0 fully saturated rings. The zero-order chi connectivity index (χ0) is 47.4. The van der Waals surface area contributed by atoms with Crippen molar-refractivity contribution >= 4 is 69.3 Å². The number of hydrogen-bond donors (Lipinski definition) is 0. The number of hydrogen-bond acceptors (Lipinski definition) is 6. The lowest BCUT2D eigenvalue weighted by Gasteiger charge is -2.26. The minimum Gasteiger partial charge on any atom is -0.496 e. The fourth-order valence-electron chi connectivity index (χ4n) is 10.0. The fourth-order valence-corrected chi connectivity index (χ4v) is 15.8. The number of methoxy groups -OCH3 is 4. The maximum Gasteiger partial charge on any atom is 0.171 e. The van der Waals surface area contributed by atoms with Gasteiger partial charge < -0.3 is 28.1 Å². The first kappa shape index (κ1) is 47.1. The summed E-state index contributed by atoms with van der Waals surface area (Å²) in [6.45, 7) is 0. The maximum absolute atomic E-state index is 16.2. The predicted molar refractivity (Wildman–Crippen MR) is 281 cm³/mol. The molecule has 1 aliphatic carbocycles. The van der Waals surface area contributed by atoms with Crippen LogP contribution in [0.3, 0.4) is 0 Å². The van der Waals surface area contributed by atoms with E-state index in [-0.39, 0.29) is 11.8 Å². The van der Waals surface area contributed by atoms with Crippen molar-refractivity contribution < 1.29 is 28.1 Å². The van der Waals surface area contributed by atoms with Gasteiger partial charge in [0.25, 0.3) is 0 Å². The summed E-state index contributed by atoms with van der Waals surface area (Å²) >= 11 is 13.5. The Kier molecular flexibility index (Phi) is 14.1. The van der Waals surface area contributed by atoms with Crippen molar-refractivity contribution in [2.24, 2.45) is 0 Å². The molecule has 0 N–H and O–H groups in total. The largest absolute Gasteiger partial charge is 0.496 e. The molecule has 10 heteroatoms.